The zero-order chi connectivity index (χ0) is 24.8. The molecule has 0 spiro atoms. The van der Waals surface area contributed by atoms with Crippen molar-refractivity contribution in [2.24, 2.45) is 0 Å². The summed E-state index contributed by atoms with van der Waals surface area (Å²) in [6.07, 6.45) is -2.26. The minimum Gasteiger partial charge on any atom is -0.465 e. The van der Waals surface area contributed by atoms with Crippen LogP contribution in [0.1, 0.15) is 24.8 Å². The van der Waals surface area contributed by atoms with Crippen molar-refractivity contribution in [2.45, 2.75) is 37.5 Å². The number of rotatable bonds is 5. The predicted octanol–water partition coefficient (Wildman–Crippen LogP) is 6.14. The van der Waals surface area contributed by atoms with Gasteiger partial charge in [-0.15, -0.1) is 0 Å². The monoisotopic (exact) mass is 482 g/mol. The largest absolute Gasteiger partial charge is 0.465 e. The molecule has 2 N–H and O–H groups in total. The molecule has 6 nitrogen and oxygen atoms in total. The van der Waals surface area contributed by atoms with Crippen LogP contribution in [0.15, 0.2) is 76.1 Å². The van der Waals surface area contributed by atoms with E-state index in [-0.39, 0.29) is 11.0 Å². The Hall–Kier alpha value is -4.01. The lowest BCUT2D eigenvalue weighted by Gasteiger charge is -2.42. The second kappa shape index (κ2) is 8.33. The average molecular weight is 482 g/mol. The van der Waals surface area contributed by atoms with Crippen LogP contribution in [0.2, 0.25) is 0 Å². The maximum atomic E-state index is 13.1. The molecule has 2 heterocycles. The van der Waals surface area contributed by atoms with Gasteiger partial charge >= 0.3 is 12.3 Å². The molecule has 4 aromatic rings. The van der Waals surface area contributed by atoms with E-state index in [9.17, 15) is 27.9 Å². The number of nitrogens with zero attached hydrogens (tertiary/aromatic N) is 1. The van der Waals surface area contributed by atoms with Crippen molar-refractivity contribution in [1.29, 1.82) is 0 Å². The number of benzene rings is 2. The predicted molar refractivity (Wildman–Crippen MR) is 124 cm³/mol. The molecule has 1 amide bonds. The Kier molecular flexibility index (Phi) is 5.42. The van der Waals surface area contributed by atoms with E-state index >= 15 is 0 Å². The highest BCUT2D eigenvalue weighted by molar-refractivity contribution is 6.01. The minimum absolute atomic E-state index is 0.0741. The lowest BCUT2D eigenvalue weighted by molar-refractivity contribution is -0.141. The minimum atomic E-state index is -4.55. The fraction of sp³-hybridized carbons (Fsp3) is 0.231. The second-order valence-electron chi connectivity index (χ2n) is 8.72. The van der Waals surface area contributed by atoms with Crippen LogP contribution in [-0.4, -0.2) is 21.9 Å². The summed E-state index contributed by atoms with van der Waals surface area (Å²) < 4.78 is 45.8. The van der Waals surface area contributed by atoms with Crippen LogP contribution >= 0.6 is 0 Å². The van der Waals surface area contributed by atoms with Gasteiger partial charge in [0, 0.05) is 17.3 Å². The molecule has 1 aliphatic carbocycles. The number of aromatic nitrogens is 1. The Bertz CT molecular complexity index is 1450. The first-order valence-electron chi connectivity index (χ1n) is 11.1. The second-order valence-corrected chi connectivity index (χ2v) is 8.72. The third-order valence-electron chi connectivity index (χ3n) is 6.48. The summed E-state index contributed by atoms with van der Waals surface area (Å²) in [5, 5.41) is 11.9. The molecule has 35 heavy (non-hydrogen) atoms. The van der Waals surface area contributed by atoms with Gasteiger partial charge in [-0.2, -0.15) is 13.2 Å². The Balaban J connectivity index is 1.66. The zero-order valence-corrected chi connectivity index (χ0v) is 18.4. The summed E-state index contributed by atoms with van der Waals surface area (Å²) >= 11 is 0. The fourth-order valence-electron chi connectivity index (χ4n) is 4.71. The summed E-state index contributed by atoms with van der Waals surface area (Å²) in [4.78, 5) is 24.4. The van der Waals surface area contributed by atoms with Crippen LogP contribution in [0.3, 0.4) is 0 Å². The standard InChI is InChI=1S/C26H21F3N2O4/c27-26(28,29)15-31-14-11-19-21(23(31)32)20(16-5-2-1-3-6-16)22(35-19)17-7-9-18(10-8-17)25(12-4-13-25)30-24(33)34/h1-3,5-11,14,30H,4,12-13,15H2,(H,33,34). The van der Waals surface area contributed by atoms with E-state index in [1.165, 1.54) is 6.07 Å². The molecule has 0 bridgehead atoms. The Morgan fingerprint density at radius 2 is 1.71 bits per heavy atom. The lowest BCUT2D eigenvalue weighted by Crippen LogP contribution is -2.50. The molecular weight excluding hydrogens is 461 g/mol. The van der Waals surface area contributed by atoms with E-state index in [1.54, 1.807) is 42.5 Å². The van der Waals surface area contributed by atoms with Gasteiger partial charge in [0.15, 0.2) is 0 Å². The number of carbonyl (C=O) groups is 1. The number of furan rings is 1. The number of fused-ring (bicyclic) bond motifs is 1. The number of nitrogens with one attached hydrogen (secondary N) is 1. The number of alkyl halides is 3. The van der Waals surface area contributed by atoms with Crippen molar-refractivity contribution < 1.29 is 27.5 Å². The van der Waals surface area contributed by atoms with E-state index in [0.717, 1.165) is 18.2 Å². The SMILES string of the molecule is O=C(O)NC1(c2ccc(-c3oc4ccn(CC(F)(F)F)c(=O)c4c3-c3ccccc3)cc2)CCC1. The average Bonchev–Trinajstić information content (AvgIpc) is 3.18. The van der Waals surface area contributed by atoms with E-state index in [2.05, 4.69) is 5.32 Å². The maximum Gasteiger partial charge on any atom is 0.406 e. The van der Waals surface area contributed by atoms with Crippen molar-refractivity contribution in [3.8, 4) is 22.5 Å². The van der Waals surface area contributed by atoms with Gasteiger partial charge in [0.2, 0.25) is 0 Å². The first kappa shape index (κ1) is 22.8. The highest BCUT2D eigenvalue weighted by Crippen LogP contribution is 2.43. The molecule has 1 fully saturated rings. The third kappa shape index (κ3) is 4.18. The molecule has 5 rings (SSSR count). The Labute approximate surface area is 197 Å². The molecule has 1 saturated carbocycles. The van der Waals surface area contributed by atoms with Gasteiger partial charge < -0.3 is 19.4 Å². The molecule has 0 radical (unpaired) electrons. The first-order valence-corrected chi connectivity index (χ1v) is 11.1. The normalized spacial score (nSPS) is 15.1. The summed E-state index contributed by atoms with van der Waals surface area (Å²) in [7, 11) is 0. The number of hydrogen-bond acceptors (Lipinski definition) is 3. The molecule has 0 saturated heterocycles. The van der Waals surface area contributed by atoms with Crippen LogP contribution < -0.4 is 10.9 Å². The van der Waals surface area contributed by atoms with E-state index in [4.69, 9.17) is 4.42 Å². The van der Waals surface area contributed by atoms with E-state index in [1.807, 2.05) is 12.1 Å². The van der Waals surface area contributed by atoms with Gasteiger partial charge in [0.25, 0.3) is 5.56 Å². The van der Waals surface area contributed by atoms with Gasteiger partial charge in [-0.1, -0.05) is 54.6 Å². The molecule has 0 aliphatic heterocycles. The zero-order valence-electron chi connectivity index (χ0n) is 18.4. The lowest BCUT2D eigenvalue weighted by atomic mass is 9.72. The third-order valence-corrected chi connectivity index (χ3v) is 6.48. The van der Waals surface area contributed by atoms with Gasteiger partial charge in [-0.3, -0.25) is 4.79 Å². The summed E-state index contributed by atoms with van der Waals surface area (Å²) in [6.45, 7) is -1.40. The van der Waals surface area contributed by atoms with Gasteiger partial charge in [-0.25, -0.2) is 4.79 Å². The molecule has 9 heteroatoms. The topological polar surface area (TPSA) is 84.5 Å². The summed E-state index contributed by atoms with van der Waals surface area (Å²) in [6, 6.07) is 17.4. The number of hydrogen-bond donors (Lipinski definition) is 2. The number of amides is 1. The number of pyridine rings is 1. The number of halogens is 3. The van der Waals surface area contributed by atoms with Gasteiger partial charge in [-0.05, 0) is 36.5 Å². The Morgan fingerprint density at radius 1 is 1.03 bits per heavy atom. The molecule has 1 aliphatic rings. The van der Waals surface area contributed by atoms with E-state index < -0.39 is 29.9 Å². The molecular formula is C26H21F3N2O4. The first-order chi connectivity index (χ1) is 16.7. The van der Waals surface area contributed by atoms with Gasteiger partial charge in [0.1, 0.15) is 17.9 Å². The fourth-order valence-corrected chi connectivity index (χ4v) is 4.71. The van der Waals surface area contributed by atoms with Crippen molar-refractivity contribution in [2.75, 3.05) is 0 Å². The quantitative estimate of drug-likeness (QED) is 0.358. The Morgan fingerprint density at radius 3 is 2.29 bits per heavy atom. The van der Waals surface area contributed by atoms with Crippen molar-refractivity contribution >= 4 is 17.1 Å². The van der Waals surface area contributed by atoms with Crippen LogP contribution in [0.5, 0.6) is 0 Å². The van der Waals surface area contributed by atoms with Crippen molar-refractivity contribution in [3.05, 3.63) is 82.8 Å². The number of carboxylic acid groups (broad SMARTS) is 1. The van der Waals surface area contributed by atoms with Crippen LogP contribution in [-0.2, 0) is 12.1 Å². The maximum absolute atomic E-state index is 13.1. The van der Waals surface area contributed by atoms with Crippen LogP contribution in [0.4, 0.5) is 18.0 Å². The summed E-state index contributed by atoms with van der Waals surface area (Å²) in [5.74, 6) is 0.355. The highest BCUT2D eigenvalue weighted by atomic mass is 19.4. The molecule has 0 atom stereocenters. The van der Waals surface area contributed by atoms with Crippen molar-refractivity contribution in [3.63, 3.8) is 0 Å². The molecule has 2 aromatic carbocycles. The summed E-state index contributed by atoms with van der Waals surface area (Å²) in [5.41, 5.74) is 1.26. The van der Waals surface area contributed by atoms with Gasteiger partial charge in [0.05, 0.1) is 10.9 Å². The molecule has 180 valence electrons. The molecule has 2 aromatic heterocycles. The molecule has 0 unspecified atom stereocenters. The highest BCUT2D eigenvalue weighted by Gasteiger charge is 2.40. The smallest absolute Gasteiger partial charge is 0.406 e. The van der Waals surface area contributed by atoms with Crippen LogP contribution in [0.25, 0.3) is 33.4 Å². The van der Waals surface area contributed by atoms with Crippen molar-refractivity contribution in [1.82, 2.24) is 9.88 Å². The van der Waals surface area contributed by atoms with Crippen LogP contribution in [0, 0.1) is 0 Å². The van der Waals surface area contributed by atoms with E-state index in [0.29, 0.717) is 39.9 Å².